The van der Waals surface area contributed by atoms with Crippen LogP contribution in [0.15, 0.2) is 11.1 Å². The quantitative estimate of drug-likeness (QED) is 0.579. The van der Waals surface area contributed by atoms with Gasteiger partial charge in [0.15, 0.2) is 5.96 Å². The van der Waals surface area contributed by atoms with E-state index in [9.17, 15) is 0 Å². The average Bonchev–Trinajstić information content (AvgIpc) is 2.84. The standard InChI is InChI=1S/C18H31Cl2N5/c1-5-21-18(23-11-15-9-16(19)17(20)24(15)4)22-10-14-7-6-8-25(12-14)13(2)3/h9,13-14H,5-8,10-12H2,1-4H3,(H2,21,22,23). The molecule has 1 aliphatic rings. The van der Waals surface area contributed by atoms with Gasteiger partial charge in [0.2, 0.25) is 0 Å². The Labute approximate surface area is 161 Å². The number of nitrogens with one attached hydrogen (secondary N) is 2. The van der Waals surface area contributed by atoms with E-state index >= 15 is 0 Å². The van der Waals surface area contributed by atoms with Gasteiger partial charge in [-0.2, -0.15) is 0 Å². The maximum atomic E-state index is 6.12. The summed E-state index contributed by atoms with van der Waals surface area (Å²) in [6.07, 6.45) is 2.55. The first-order chi connectivity index (χ1) is 11.9. The molecule has 0 amide bonds. The second kappa shape index (κ2) is 9.70. The molecule has 0 aliphatic carbocycles. The second-order valence-corrected chi connectivity index (χ2v) is 7.77. The Hall–Kier alpha value is -0.910. The summed E-state index contributed by atoms with van der Waals surface area (Å²) in [6.45, 7) is 11.3. The van der Waals surface area contributed by atoms with Gasteiger partial charge in [0.1, 0.15) is 5.15 Å². The summed E-state index contributed by atoms with van der Waals surface area (Å²) in [5.74, 6) is 1.51. The minimum absolute atomic E-state index is 0.543. The van der Waals surface area contributed by atoms with E-state index in [0.717, 1.165) is 31.3 Å². The Balaban J connectivity index is 1.92. The molecule has 1 aromatic rings. The molecule has 0 saturated carbocycles. The molecule has 2 heterocycles. The number of piperidine rings is 1. The van der Waals surface area contributed by atoms with Crippen molar-refractivity contribution >= 4 is 29.2 Å². The summed E-state index contributed by atoms with van der Waals surface area (Å²) >= 11 is 12.2. The number of halogens is 2. The van der Waals surface area contributed by atoms with Crippen LogP contribution in [0.2, 0.25) is 10.2 Å². The van der Waals surface area contributed by atoms with Crippen molar-refractivity contribution in [2.24, 2.45) is 18.0 Å². The van der Waals surface area contributed by atoms with Crippen molar-refractivity contribution < 1.29 is 0 Å². The lowest BCUT2D eigenvalue weighted by Crippen LogP contribution is -2.46. The van der Waals surface area contributed by atoms with E-state index in [2.05, 4.69) is 41.3 Å². The molecular formula is C18H31Cl2N5. The Kier molecular flexibility index (Phi) is 7.91. The Morgan fingerprint density at radius 2 is 2.12 bits per heavy atom. The van der Waals surface area contributed by atoms with Crippen LogP contribution in [0.3, 0.4) is 0 Å². The third kappa shape index (κ3) is 5.80. The number of nitrogens with zero attached hydrogens (tertiary/aromatic N) is 3. The van der Waals surface area contributed by atoms with Crippen molar-refractivity contribution in [2.75, 3.05) is 26.2 Å². The summed E-state index contributed by atoms with van der Waals surface area (Å²) in [5, 5.41) is 7.94. The average molecular weight is 388 g/mol. The largest absolute Gasteiger partial charge is 0.357 e. The van der Waals surface area contributed by atoms with Gasteiger partial charge in [0.25, 0.3) is 0 Å². The van der Waals surface area contributed by atoms with Crippen LogP contribution in [0.5, 0.6) is 0 Å². The lowest BCUT2D eigenvalue weighted by Gasteiger charge is -2.35. The van der Waals surface area contributed by atoms with Gasteiger partial charge < -0.3 is 20.1 Å². The van der Waals surface area contributed by atoms with E-state index in [1.54, 1.807) is 0 Å². The van der Waals surface area contributed by atoms with Gasteiger partial charge in [0, 0.05) is 38.4 Å². The van der Waals surface area contributed by atoms with Gasteiger partial charge in [-0.3, -0.25) is 0 Å². The fourth-order valence-corrected chi connectivity index (χ4v) is 3.63. The maximum Gasteiger partial charge on any atom is 0.191 e. The van der Waals surface area contributed by atoms with E-state index in [1.807, 2.05) is 17.7 Å². The van der Waals surface area contributed by atoms with Crippen molar-refractivity contribution in [3.05, 3.63) is 21.9 Å². The third-order valence-corrected chi connectivity index (χ3v) is 5.64. The normalized spacial score (nSPS) is 19.5. The van der Waals surface area contributed by atoms with Crippen molar-refractivity contribution in [1.82, 2.24) is 20.1 Å². The molecule has 25 heavy (non-hydrogen) atoms. The van der Waals surface area contributed by atoms with E-state index < -0.39 is 0 Å². The lowest BCUT2D eigenvalue weighted by atomic mass is 9.97. The molecule has 1 aromatic heterocycles. The van der Waals surface area contributed by atoms with Crippen molar-refractivity contribution in [1.29, 1.82) is 0 Å². The molecule has 0 bridgehead atoms. The molecule has 0 radical (unpaired) electrons. The molecule has 142 valence electrons. The molecule has 2 rings (SSSR count). The summed E-state index contributed by atoms with van der Waals surface area (Å²) in [7, 11) is 1.90. The molecule has 1 atom stereocenters. The summed E-state index contributed by atoms with van der Waals surface area (Å²) in [4.78, 5) is 7.24. The monoisotopic (exact) mass is 387 g/mol. The molecule has 1 saturated heterocycles. The molecule has 0 spiro atoms. The van der Waals surface area contributed by atoms with Crippen LogP contribution in [-0.4, -0.2) is 47.6 Å². The fourth-order valence-electron chi connectivity index (χ4n) is 3.22. The molecule has 1 fully saturated rings. The summed E-state index contributed by atoms with van der Waals surface area (Å²) < 4.78 is 1.87. The van der Waals surface area contributed by atoms with Gasteiger partial charge in [-0.1, -0.05) is 23.2 Å². The number of hydrogen-bond acceptors (Lipinski definition) is 2. The van der Waals surface area contributed by atoms with Crippen molar-refractivity contribution in [3.8, 4) is 0 Å². The minimum Gasteiger partial charge on any atom is -0.357 e. The maximum absolute atomic E-state index is 6.12. The highest BCUT2D eigenvalue weighted by atomic mass is 35.5. The summed E-state index contributed by atoms with van der Waals surface area (Å²) in [6, 6.07) is 2.50. The number of aliphatic imine (C=N–C) groups is 1. The third-order valence-electron chi connectivity index (χ3n) is 4.80. The molecule has 5 nitrogen and oxygen atoms in total. The first kappa shape index (κ1) is 20.4. The van der Waals surface area contributed by atoms with E-state index in [-0.39, 0.29) is 0 Å². The van der Waals surface area contributed by atoms with Crippen LogP contribution in [0.4, 0.5) is 0 Å². The number of rotatable bonds is 6. The smallest absolute Gasteiger partial charge is 0.191 e. The first-order valence-corrected chi connectivity index (χ1v) is 9.93. The fraction of sp³-hybridized carbons (Fsp3) is 0.722. The summed E-state index contributed by atoms with van der Waals surface area (Å²) in [5.41, 5.74) is 0.996. The second-order valence-electron chi connectivity index (χ2n) is 7.01. The van der Waals surface area contributed by atoms with E-state index in [4.69, 9.17) is 23.2 Å². The van der Waals surface area contributed by atoms with Gasteiger partial charge in [-0.05, 0) is 52.1 Å². The zero-order chi connectivity index (χ0) is 18.4. The number of guanidine groups is 1. The number of likely N-dealkylation sites (tertiary alicyclic amines) is 1. The SMILES string of the molecule is CCNC(=NCc1cc(Cl)c(Cl)n1C)NCC1CCCN(C(C)C)C1. The zero-order valence-corrected chi connectivity index (χ0v) is 17.3. The predicted molar refractivity (Wildman–Crippen MR) is 108 cm³/mol. The van der Waals surface area contributed by atoms with Gasteiger partial charge in [0.05, 0.1) is 11.6 Å². The van der Waals surface area contributed by atoms with Crippen LogP contribution >= 0.6 is 23.2 Å². The Bertz CT molecular complexity index is 582. The highest BCUT2D eigenvalue weighted by Crippen LogP contribution is 2.25. The topological polar surface area (TPSA) is 44.6 Å². The number of hydrogen-bond donors (Lipinski definition) is 2. The van der Waals surface area contributed by atoms with Crippen LogP contribution in [0.1, 0.15) is 39.3 Å². The van der Waals surface area contributed by atoms with Crippen LogP contribution in [0.25, 0.3) is 0 Å². The first-order valence-electron chi connectivity index (χ1n) is 9.18. The van der Waals surface area contributed by atoms with E-state index in [1.165, 1.54) is 19.4 Å². The van der Waals surface area contributed by atoms with E-state index in [0.29, 0.717) is 28.7 Å². The minimum atomic E-state index is 0.543. The predicted octanol–water partition coefficient (Wildman–Crippen LogP) is 3.51. The highest BCUT2D eigenvalue weighted by molar-refractivity contribution is 6.41. The zero-order valence-electron chi connectivity index (χ0n) is 15.8. The molecule has 0 aromatic carbocycles. The lowest BCUT2D eigenvalue weighted by molar-refractivity contribution is 0.141. The highest BCUT2D eigenvalue weighted by Gasteiger charge is 2.21. The van der Waals surface area contributed by atoms with Gasteiger partial charge in [-0.25, -0.2) is 4.99 Å². The Morgan fingerprint density at radius 1 is 1.36 bits per heavy atom. The molecular weight excluding hydrogens is 357 g/mol. The number of aromatic nitrogens is 1. The van der Waals surface area contributed by atoms with Crippen LogP contribution < -0.4 is 10.6 Å². The van der Waals surface area contributed by atoms with Crippen LogP contribution in [0, 0.1) is 5.92 Å². The Morgan fingerprint density at radius 3 is 2.72 bits per heavy atom. The van der Waals surface area contributed by atoms with Gasteiger partial charge >= 0.3 is 0 Å². The van der Waals surface area contributed by atoms with Crippen LogP contribution in [-0.2, 0) is 13.6 Å². The molecule has 7 heteroatoms. The molecule has 2 N–H and O–H groups in total. The van der Waals surface area contributed by atoms with Gasteiger partial charge in [-0.15, -0.1) is 0 Å². The van der Waals surface area contributed by atoms with Crippen molar-refractivity contribution in [2.45, 2.75) is 46.2 Å². The molecule has 1 aliphatic heterocycles. The van der Waals surface area contributed by atoms with Crippen molar-refractivity contribution in [3.63, 3.8) is 0 Å². The molecule has 1 unspecified atom stereocenters.